The Labute approximate surface area is 186 Å². The highest BCUT2D eigenvalue weighted by molar-refractivity contribution is 5.75. The van der Waals surface area contributed by atoms with Gasteiger partial charge in [0.25, 0.3) is 0 Å². The van der Waals surface area contributed by atoms with Crippen LogP contribution in [0.5, 0.6) is 0 Å². The third-order valence-electron chi connectivity index (χ3n) is 4.66. The lowest BCUT2D eigenvalue weighted by atomic mass is 10.1. The van der Waals surface area contributed by atoms with Gasteiger partial charge in [0.15, 0.2) is 0 Å². The molecule has 0 aliphatic heterocycles. The van der Waals surface area contributed by atoms with Crippen molar-refractivity contribution in [2.75, 3.05) is 10.2 Å². The molecule has 0 spiro atoms. The summed E-state index contributed by atoms with van der Waals surface area (Å²) in [6, 6.07) is 30.9. The number of para-hydroxylation sites is 1. The van der Waals surface area contributed by atoms with Crippen molar-refractivity contribution in [3.05, 3.63) is 108 Å². The van der Waals surface area contributed by atoms with Crippen LogP contribution in [0.1, 0.15) is 11.1 Å². The fourth-order valence-corrected chi connectivity index (χ4v) is 3.15. The lowest BCUT2D eigenvalue weighted by molar-refractivity contribution is 1.11. The molecular formula is C26H18N6. The van der Waals surface area contributed by atoms with Gasteiger partial charge < -0.3 is 5.32 Å². The largest absolute Gasteiger partial charge is 0.324 e. The van der Waals surface area contributed by atoms with Crippen LogP contribution in [0.4, 0.5) is 28.8 Å². The second-order valence-corrected chi connectivity index (χ2v) is 6.78. The number of benzene rings is 3. The van der Waals surface area contributed by atoms with E-state index in [2.05, 4.69) is 16.4 Å². The van der Waals surface area contributed by atoms with Crippen molar-refractivity contribution in [2.45, 2.75) is 0 Å². The summed E-state index contributed by atoms with van der Waals surface area (Å²) in [6.45, 7) is 0. The molecule has 0 saturated heterocycles. The maximum absolute atomic E-state index is 8.97. The number of nitrogens with one attached hydrogen (secondary N) is 1. The summed E-state index contributed by atoms with van der Waals surface area (Å²) in [7, 11) is 0. The minimum Gasteiger partial charge on any atom is -0.324 e. The van der Waals surface area contributed by atoms with Crippen molar-refractivity contribution >= 4 is 34.9 Å². The molecule has 0 aliphatic rings. The maximum Gasteiger partial charge on any atom is 0.229 e. The van der Waals surface area contributed by atoms with Gasteiger partial charge in [-0.05, 0) is 66.2 Å². The van der Waals surface area contributed by atoms with Gasteiger partial charge in [-0.25, -0.2) is 4.98 Å². The van der Waals surface area contributed by atoms with Crippen molar-refractivity contribution in [3.63, 3.8) is 0 Å². The summed E-state index contributed by atoms with van der Waals surface area (Å²) < 4.78 is 0. The number of hydrogen-bond donors (Lipinski definition) is 1. The van der Waals surface area contributed by atoms with Gasteiger partial charge in [0.05, 0.1) is 17.7 Å². The lowest BCUT2D eigenvalue weighted by Crippen LogP contribution is -2.12. The Morgan fingerprint density at radius 2 is 1.53 bits per heavy atom. The molecule has 6 heteroatoms. The van der Waals surface area contributed by atoms with E-state index in [0.29, 0.717) is 17.3 Å². The van der Waals surface area contributed by atoms with Crippen molar-refractivity contribution in [1.29, 1.82) is 10.5 Å². The molecule has 0 bridgehead atoms. The van der Waals surface area contributed by atoms with Crippen molar-refractivity contribution < 1.29 is 0 Å². The van der Waals surface area contributed by atoms with Crippen LogP contribution < -0.4 is 10.2 Å². The highest BCUT2D eigenvalue weighted by Crippen LogP contribution is 2.33. The fourth-order valence-electron chi connectivity index (χ4n) is 3.15. The van der Waals surface area contributed by atoms with Crippen LogP contribution in [-0.2, 0) is 0 Å². The molecule has 4 aromatic rings. The van der Waals surface area contributed by atoms with E-state index in [4.69, 9.17) is 15.5 Å². The van der Waals surface area contributed by atoms with E-state index in [1.807, 2.05) is 83.8 Å². The zero-order valence-corrected chi connectivity index (χ0v) is 17.1. The van der Waals surface area contributed by atoms with E-state index in [0.717, 1.165) is 22.6 Å². The van der Waals surface area contributed by atoms with Crippen LogP contribution >= 0.6 is 0 Å². The standard InChI is InChI=1S/C26H18N6/c27-17-4-5-20-10-14-24(15-11-20)32(23-6-2-1-3-7-23)25-16-18-29-26(31-25)30-22-12-8-21(19-28)9-13-22/h1-16,18H,(H,29,30,31)/b5-4+. The topological polar surface area (TPSA) is 88.6 Å². The summed E-state index contributed by atoms with van der Waals surface area (Å²) in [5.74, 6) is 1.14. The molecule has 4 rings (SSSR count). The highest BCUT2D eigenvalue weighted by Gasteiger charge is 2.14. The molecule has 1 heterocycles. The molecule has 0 fully saturated rings. The second kappa shape index (κ2) is 9.71. The quantitative estimate of drug-likeness (QED) is 0.384. The zero-order chi connectivity index (χ0) is 22.2. The molecular weight excluding hydrogens is 396 g/mol. The Morgan fingerprint density at radius 3 is 2.22 bits per heavy atom. The van der Waals surface area contributed by atoms with Crippen LogP contribution in [0.3, 0.4) is 0 Å². The summed E-state index contributed by atoms with van der Waals surface area (Å²) in [4.78, 5) is 11.1. The van der Waals surface area contributed by atoms with Crippen LogP contribution in [-0.4, -0.2) is 9.97 Å². The average Bonchev–Trinajstić information content (AvgIpc) is 2.85. The molecule has 0 aliphatic carbocycles. The van der Waals surface area contributed by atoms with Crippen LogP contribution in [0.25, 0.3) is 6.08 Å². The van der Waals surface area contributed by atoms with E-state index in [1.165, 1.54) is 6.08 Å². The molecule has 3 aromatic carbocycles. The number of nitriles is 2. The molecule has 32 heavy (non-hydrogen) atoms. The predicted octanol–water partition coefficient (Wildman–Crippen LogP) is 6.10. The van der Waals surface area contributed by atoms with Gasteiger partial charge in [-0.15, -0.1) is 0 Å². The first-order valence-corrected chi connectivity index (χ1v) is 9.88. The molecule has 0 radical (unpaired) electrons. The number of allylic oxidation sites excluding steroid dienone is 1. The molecule has 152 valence electrons. The van der Waals surface area contributed by atoms with Gasteiger partial charge in [-0.2, -0.15) is 15.5 Å². The van der Waals surface area contributed by atoms with E-state index in [1.54, 1.807) is 24.4 Å². The van der Waals surface area contributed by atoms with Gasteiger partial charge in [0, 0.05) is 29.3 Å². The van der Waals surface area contributed by atoms with Crippen LogP contribution in [0, 0.1) is 22.7 Å². The van der Waals surface area contributed by atoms with Crippen molar-refractivity contribution in [2.24, 2.45) is 0 Å². The Kier molecular flexibility index (Phi) is 6.17. The molecule has 6 nitrogen and oxygen atoms in total. The smallest absolute Gasteiger partial charge is 0.229 e. The van der Waals surface area contributed by atoms with Gasteiger partial charge in [-0.3, -0.25) is 4.90 Å². The van der Waals surface area contributed by atoms with Gasteiger partial charge in [-0.1, -0.05) is 30.3 Å². The van der Waals surface area contributed by atoms with E-state index in [9.17, 15) is 0 Å². The Bertz CT molecular complexity index is 1300. The Hall–Kier alpha value is -4.94. The third-order valence-corrected chi connectivity index (χ3v) is 4.66. The molecule has 0 amide bonds. The Morgan fingerprint density at radius 1 is 0.812 bits per heavy atom. The van der Waals surface area contributed by atoms with Crippen LogP contribution in [0.15, 0.2) is 97.2 Å². The summed E-state index contributed by atoms with van der Waals surface area (Å²) in [5, 5.41) is 20.9. The molecule has 0 unspecified atom stereocenters. The second-order valence-electron chi connectivity index (χ2n) is 6.78. The van der Waals surface area contributed by atoms with E-state index in [-0.39, 0.29) is 0 Å². The third kappa shape index (κ3) is 4.79. The summed E-state index contributed by atoms with van der Waals surface area (Å²) >= 11 is 0. The first-order chi connectivity index (χ1) is 15.8. The SMILES string of the molecule is N#C/C=C/c1ccc(N(c2ccccc2)c2ccnc(Nc3ccc(C#N)cc3)n2)cc1. The highest BCUT2D eigenvalue weighted by atomic mass is 15.2. The molecule has 1 aromatic heterocycles. The van der Waals surface area contributed by atoms with Crippen molar-refractivity contribution in [1.82, 2.24) is 9.97 Å². The normalized spacial score (nSPS) is 10.3. The number of rotatable bonds is 6. The fraction of sp³-hybridized carbons (Fsp3) is 0. The first kappa shape index (κ1) is 20.3. The molecule has 0 atom stereocenters. The van der Waals surface area contributed by atoms with Gasteiger partial charge in [0.2, 0.25) is 5.95 Å². The first-order valence-electron chi connectivity index (χ1n) is 9.88. The number of anilines is 5. The Balaban J connectivity index is 1.69. The number of nitrogens with zero attached hydrogens (tertiary/aromatic N) is 5. The van der Waals surface area contributed by atoms with E-state index >= 15 is 0 Å². The average molecular weight is 414 g/mol. The monoisotopic (exact) mass is 414 g/mol. The van der Waals surface area contributed by atoms with Crippen molar-refractivity contribution in [3.8, 4) is 12.1 Å². The molecule has 1 N–H and O–H groups in total. The van der Waals surface area contributed by atoms with Gasteiger partial charge >= 0.3 is 0 Å². The number of aromatic nitrogens is 2. The predicted molar refractivity (Wildman–Crippen MR) is 126 cm³/mol. The zero-order valence-electron chi connectivity index (χ0n) is 17.1. The summed E-state index contributed by atoms with van der Waals surface area (Å²) in [6.07, 6.45) is 4.92. The number of hydrogen-bond acceptors (Lipinski definition) is 6. The minimum absolute atomic E-state index is 0.446. The lowest BCUT2D eigenvalue weighted by Gasteiger charge is -2.24. The minimum atomic E-state index is 0.446. The van der Waals surface area contributed by atoms with Crippen LogP contribution in [0.2, 0.25) is 0 Å². The molecule has 0 saturated carbocycles. The summed E-state index contributed by atoms with van der Waals surface area (Å²) in [5.41, 5.74) is 4.20. The maximum atomic E-state index is 8.97. The van der Waals surface area contributed by atoms with E-state index < -0.39 is 0 Å². The van der Waals surface area contributed by atoms with Gasteiger partial charge in [0.1, 0.15) is 5.82 Å².